The summed E-state index contributed by atoms with van der Waals surface area (Å²) in [6.07, 6.45) is 0. The largest absolute Gasteiger partial charge is 0.493 e. The molecular formula is C19H20N4O4. The molecule has 0 fully saturated rings. The number of aryl methyl sites for hydroxylation is 1. The number of carbonyl (C=O) groups excluding carboxylic acids is 1. The van der Waals surface area contributed by atoms with E-state index in [-0.39, 0.29) is 11.5 Å². The van der Waals surface area contributed by atoms with Gasteiger partial charge in [-0.25, -0.2) is 0 Å². The van der Waals surface area contributed by atoms with Gasteiger partial charge in [0.05, 0.1) is 21.3 Å². The standard InChI is InChI=1S/C19H20N4O4/c1-11-6-5-7-12(8-11)17-21-19(20)23(22-17)18(24)13-9-14(25-2)16(27-4)15(10-13)26-3/h5-10H,1-4H3,(H2,20,21,22). The smallest absolute Gasteiger partial charge is 0.281 e. The van der Waals surface area contributed by atoms with Crippen molar-refractivity contribution in [2.45, 2.75) is 6.92 Å². The SMILES string of the molecule is COc1cc(C(=O)n2nc(-c3cccc(C)c3)nc2N)cc(OC)c1OC. The normalized spacial score (nSPS) is 10.5. The molecule has 0 atom stereocenters. The fraction of sp³-hybridized carbons (Fsp3) is 0.211. The van der Waals surface area contributed by atoms with Gasteiger partial charge in [-0.3, -0.25) is 4.79 Å². The van der Waals surface area contributed by atoms with Gasteiger partial charge in [0.25, 0.3) is 5.91 Å². The van der Waals surface area contributed by atoms with Crippen molar-refractivity contribution in [3.8, 4) is 28.6 Å². The van der Waals surface area contributed by atoms with E-state index in [1.165, 1.54) is 33.5 Å². The van der Waals surface area contributed by atoms with Gasteiger partial charge in [0.2, 0.25) is 11.7 Å². The number of nitrogen functional groups attached to an aromatic ring is 1. The maximum atomic E-state index is 12.9. The first-order valence-corrected chi connectivity index (χ1v) is 8.12. The fourth-order valence-corrected chi connectivity index (χ4v) is 2.71. The number of carbonyl (C=O) groups is 1. The van der Waals surface area contributed by atoms with Crippen LogP contribution in [0.15, 0.2) is 36.4 Å². The summed E-state index contributed by atoms with van der Waals surface area (Å²) < 4.78 is 16.9. The van der Waals surface area contributed by atoms with E-state index in [4.69, 9.17) is 19.9 Å². The van der Waals surface area contributed by atoms with Gasteiger partial charge >= 0.3 is 0 Å². The van der Waals surface area contributed by atoms with E-state index in [9.17, 15) is 4.79 Å². The van der Waals surface area contributed by atoms with Crippen molar-refractivity contribution in [1.82, 2.24) is 14.8 Å². The van der Waals surface area contributed by atoms with Crippen LogP contribution in [0.5, 0.6) is 17.2 Å². The number of benzene rings is 2. The molecule has 2 N–H and O–H groups in total. The van der Waals surface area contributed by atoms with E-state index >= 15 is 0 Å². The fourth-order valence-electron chi connectivity index (χ4n) is 2.71. The summed E-state index contributed by atoms with van der Waals surface area (Å²) in [7, 11) is 4.45. The Bertz CT molecular complexity index is 972. The molecule has 1 aromatic heterocycles. The highest BCUT2D eigenvalue weighted by atomic mass is 16.5. The van der Waals surface area contributed by atoms with Crippen LogP contribution in [0.3, 0.4) is 0 Å². The van der Waals surface area contributed by atoms with Crippen LogP contribution in [-0.4, -0.2) is 42.0 Å². The third-order valence-electron chi connectivity index (χ3n) is 4.01. The summed E-state index contributed by atoms with van der Waals surface area (Å²) in [5.41, 5.74) is 8.04. The molecular weight excluding hydrogens is 348 g/mol. The molecule has 0 aliphatic heterocycles. The number of rotatable bonds is 5. The molecule has 0 unspecified atom stereocenters. The molecule has 0 bridgehead atoms. The predicted octanol–water partition coefficient (Wildman–Crippen LogP) is 2.55. The van der Waals surface area contributed by atoms with Crippen molar-refractivity contribution < 1.29 is 19.0 Å². The Kier molecular flexibility index (Phi) is 4.98. The number of nitrogens with zero attached hydrogens (tertiary/aromatic N) is 3. The second-order valence-corrected chi connectivity index (χ2v) is 5.79. The highest BCUT2D eigenvalue weighted by Crippen LogP contribution is 2.38. The average molecular weight is 368 g/mol. The molecule has 0 saturated carbocycles. The number of hydrogen-bond acceptors (Lipinski definition) is 7. The zero-order chi connectivity index (χ0) is 19.6. The number of nitrogens with two attached hydrogens (primary N) is 1. The van der Waals surface area contributed by atoms with Gasteiger partial charge in [-0.2, -0.15) is 9.67 Å². The van der Waals surface area contributed by atoms with Crippen LogP contribution in [-0.2, 0) is 0 Å². The Hall–Kier alpha value is -3.55. The van der Waals surface area contributed by atoms with Crippen LogP contribution in [0.1, 0.15) is 15.9 Å². The molecule has 0 radical (unpaired) electrons. The average Bonchev–Trinajstić information content (AvgIpc) is 3.07. The Balaban J connectivity index is 2.04. The van der Waals surface area contributed by atoms with Crippen LogP contribution in [0.2, 0.25) is 0 Å². The minimum atomic E-state index is -0.460. The lowest BCUT2D eigenvalue weighted by atomic mass is 10.1. The molecule has 0 aliphatic rings. The quantitative estimate of drug-likeness (QED) is 0.738. The van der Waals surface area contributed by atoms with Crippen LogP contribution < -0.4 is 19.9 Å². The molecule has 0 saturated heterocycles. The lowest BCUT2D eigenvalue weighted by molar-refractivity contribution is 0.0947. The van der Waals surface area contributed by atoms with Crippen LogP contribution >= 0.6 is 0 Å². The summed E-state index contributed by atoms with van der Waals surface area (Å²) in [5, 5.41) is 4.27. The number of anilines is 1. The van der Waals surface area contributed by atoms with Crippen molar-refractivity contribution >= 4 is 11.9 Å². The van der Waals surface area contributed by atoms with Gasteiger partial charge < -0.3 is 19.9 Å². The van der Waals surface area contributed by atoms with Crippen LogP contribution in [0.25, 0.3) is 11.4 Å². The maximum absolute atomic E-state index is 12.9. The van der Waals surface area contributed by atoms with Crippen molar-refractivity contribution in [1.29, 1.82) is 0 Å². The van der Waals surface area contributed by atoms with E-state index in [1.54, 1.807) is 0 Å². The zero-order valence-electron chi connectivity index (χ0n) is 15.5. The molecule has 3 rings (SSSR count). The van der Waals surface area contributed by atoms with Crippen molar-refractivity contribution in [2.75, 3.05) is 27.1 Å². The van der Waals surface area contributed by atoms with E-state index in [0.29, 0.717) is 23.1 Å². The Morgan fingerprint density at radius 2 is 1.70 bits per heavy atom. The molecule has 3 aromatic rings. The molecule has 0 spiro atoms. The molecule has 8 nitrogen and oxygen atoms in total. The van der Waals surface area contributed by atoms with E-state index in [1.807, 2.05) is 31.2 Å². The molecule has 0 aliphatic carbocycles. The number of ether oxygens (including phenoxy) is 3. The van der Waals surface area contributed by atoms with Gasteiger partial charge in [-0.05, 0) is 25.1 Å². The van der Waals surface area contributed by atoms with Gasteiger partial charge in [-0.1, -0.05) is 23.8 Å². The van der Waals surface area contributed by atoms with Gasteiger partial charge in [0.15, 0.2) is 17.3 Å². The number of methoxy groups -OCH3 is 3. The summed E-state index contributed by atoms with van der Waals surface area (Å²) in [6, 6.07) is 10.7. The van der Waals surface area contributed by atoms with Crippen molar-refractivity contribution in [2.24, 2.45) is 0 Å². The third-order valence-corrected chi connectivity index (χ3v) is 4.01. The maximum Gasteiger partial charge on any atom is 0.281 e. The summed E-state index contributed by atoms with van der Waals surface area (Å²) in [5.74, 6) is 1.01. The van der Waals surface area contributed by atoms with Crippen molar-refractivity contribution in [3.63, 3.8) is 0 Å². The van der Waals surface area contributed by atoms with Gasteiger partial charge in [-0.15, -0.1) is 5.10 Å². The zero-order valence-corrected chi connectivity index (χ0v) is 15.5. The topological polar surface area (TPSA) is 101 Å². The van der Waals surface area contributed by atoms with E-state index < -0.39 is 5.91 Å². The van der Waals surface area contributed by atoms with Gasteiger partial charge in [0, 0.05) is 11.1 Å². The Morgan fingerprint density at radius 3 is 2.26 bits per heavy atom. The number of hydrogen-bond donors (Lipinski definition) is 1. The number of aromatic nitrogens is 3. The lowest BCUT2D eigenvalue weighted by Crippen LogP contribution is -2.16. The molecule has 27 heavy (non-hydrogen) atoms. The minimum Gasteiger partial charge on any atom is -0.493 e. The first kappa shape index (κ1) is 18.2. The van der Waals surface area contributed by atoms with Crippen LogP contribution in [0, 0.1) is 6.92 Å². The monoisotopic (exact) mass is 368 g/mol. The molecule has 1 heterocycles. The molecule has 2 aromatic carbocycles. The van der Waals surface area contributed by atoms with E-state index in [2.05, 4.69) is 10.1 Å². The second-order valence-electron chi connectivity index (χ2n) is 5.79. The highest BCUT2D eigenvalue weighted by molar-refractivity contribution is 5.98. The molecule has 8 heteroatoms. The minimum absolute atomic E-state index is 0.00902. The highest BCUT2D eigenvalue weighted by Gasteiger charge is 2.21. The Labute approximate surface area is 156 Å². The first-order valence-electron chi connectivity index (χ1n) is 8.12. The summed E-state index contributed by atoms with van der Waals surface area (Å²) in [4.78, 5) is 17.2. The van der Waals surface area contributed by atoms with Crippen molar-refractivity contribution in [3.05, 3.63) is 47.5 Å². The van der Waals surface area contributed by atoms with Crippen LogP contribution in [0.4, 0.5) is 5.95 Å². The molecule has 0 amide bonds. The Morgan fingerprint density at radius 1 is 1.04 bits per heavy atom. The van der Waals surface area contributed by atoms with Gasteiger partial charge in [0.1, 0.15) is 0 Å². The first-order chi connectivity index (χ1) is 13.0. The summed E-state index contributed by atoms with van der Waals surface area (Å²) >= 11 is 0. The second kappa shape index (κ2) is 7.36. The summed E-state index contributed by atoms with van der Waals surface area (Å²) in [6.45, 7) is 1.96. The van der Waals surface area contributed by atoms with E-state index in [0.717, 1.165) is 15.8 Å². The predicted molar refractivity (Wildman–Crippen MR) is 100 cm³/mol. The lowest BCUT2D eigenvalue weighted by Gasteiger charge is -2.13. The molecule has 140 valence electrons. The third kappa shape index (κ3) is 3.41.